The molecule has 2 aliphatic rings. The lowest BCUT2D eigenvalue weighted by Gasteiger charge is -2.38. The van der Waals surface area contributed by atoms with Crippen LogP contribution in [0.2, 0.25) is 0 Å². The fraction of sp³-hybridized carbons (Fsp3) is 0.208. The number of fused-ring (bicyclic) bond motifs is 3. The van der Waals surface area contributed by atoms with Gasteiger partial charge in [0.05, 0.1) is 18.9 Å². The molecule has 5 rings (SSSR count). The SMILES string of the molecule is COc1cccc2c1O[C@H](c1ccc(SC)cc1)N1N=C(c3ccc(F)cc3)C[C@@H]21. The van der Waals surface area contributed by atoms with Crippen molar-refractivity contribution in [2.24, 2.45) is 5.10 Å². The molecule has 0 amide bonds. The Labute approximate surface area is 179 Å². The molecule has 0 saturated heterocycles. The molecule has 0 aliphatic carbocycles. The van der Waals surface area contributed by atoms with E-state index in [4.69, 9.17) is 14.6 Å². The molecule has 3 aromatic rings. The smallest absolute Gasteiger partial charge is 0.214 e. The third kappa shape index (κ3) is 3.21. The number of ether oxygens (including phenoxy) is 2. The van der Waals surface area contributed by atoms with Gasteiger partial charge in [-0.25, -0.2) is 9.40 Å². The van der Waals surface area contributed by atoms with Crippen molar-refractivity contribution in [2.45, 2.75) is 23.6 Å². The Morgan fingerprint density at radius 1 is 1.07 bits per heavy atom. The first kappa shape index (κ1) is 19.0. The van der Waals surface area contributed by atoms with Gasteiger partial charge in [-0.05, 0) is 42.2 Å². The van der Waals surface area contributed by atoms with E-state index in [-0.39, 0.29) is 18.1 Å². The number of methoxy groups -OCH3 is 1. The van der Waals surface area contributed by atoms with Gasteiger partial charge in [0, 0.05) is 22.4 Å². The summed E-state index contributed by atoms with van der Waals surface area (Å²) in [5.74, 6) is 1.23. The van der Waals surface area contributed by atoms with Crippen LogP contribution >= 0.6 is 11.8 Å². The van der Waals surface area contributed by atoms with Crippen molar-refractivity contribution in [3.05, 3.63) is 89.2 Å². The van der Waals surface area contributed by atoms with Gasteiger partial charge in [0.2, 0.25) is 6.23 Å². The van der Waals surface area contributed by atoms with Crippen molar-refractivity contribution in [3.8, 4) is 11.5 Å². The van der Waals surface area contributed by atoms with Gasteiger partial charge < -0.3 is 9.47 Å². The van der Waals surface area contributed by atoms with Crippen LogP contribution < -0.4 is 9.47 Å². The first-order chi connectivity index (χ1) is 14.7. The molecule has 0 spiro atoms. The van der Waals surface area contributed by atoms with Crippen molar-refractivity contribution >= 4 is 17.5 Å². The molecular weight excluding hydrogens is 399 g/mol. The molecule has 0 saturated carbocycles. The number of thioether (sulfide) groups is 1. The van der Waals surface area contributed by atoms with E-state index in [0.717, 1.165) is 28.2 Å². The average molecular weight is 421 g/mol. The van der Waals surface area contributed by atoms with Gasteiger partial charge >= 0.3 is 0 Å². The van der Waals surface area contributed by atoms with Crippen LogP contribution in [0.15, 0.2) is 76.7 Å². The van der Waals surface area contributed by atoms with Gasteiger partial charge in [0.15, 0.2) is 11.5 Å². The van der Waals surface area contributed by atoms with E-state index in [1.54, 1.807) is 31.0 Å². The Hall–Kier alpha value is -2.99. The Morgan fingerprint density at radius 2 is 1.83 bits per heavy atom. The minimum Gasteiger partial charge on any atom is -0.493 e. The molecule has 0 radical (unpaired) electrons. The maximum absolute atomic E-state index is 13.4. The second-order valence-corrected chi connectivity index (χ2v) is 8.16. The molecular formula is C24H21FN2O2S. The monoisotopic (exact) mass is 420 g/mol. The fourth-order valence-electron chi connectivity index (χ4n) is 4.05. The van der Waals surface area contributed by atoms with Gasteiger partial charge in [0.25, 0.3) is 0 Å². The molecule has 2 aliphatic heterocycles. The number of rotatable bonds is 4. The van der Waals surface area contributed by atoms with Crippen LogP contribution in [-0.2, 0) is 0 Å². The minimum absolute atomic E-state index is 0.0223. The average Bonchev–Trinajstić information content (AvgIpc) is 3.24. The molecule has 2 heterocycles. The molecule has 0 aromatic heterocycles. The summed E-state index contributed by atoms with van der Waals surface area (Å²) < 4.78 is 25.4. The highest BCUT2D eigenvalue weighted by molar-refractivity contribution is 7.98. The van der Waals surface area contributed by atoms with E-state index in [1.807, 2.05) is 17.1 Å². The molecule has 0 N–H and O–H groups in total. The predicted molar refractivity (Wildman–Crippen MR) is 117 cm³/mol. The molecule has 3 aromatic carbocycles. The van der Waals surface area contributed by atoms with Gasteiger partial charge in [-0.3, -0.25) is 0 Å². The number of nitrogens with zero attached hydrogens (tertiary/aromatic N) is 2. The number of hydrogen-bond acceptors (Lipinski definition) is 5. The molecule has 0 fully saturated rings. The Balaban J connectivity index is 1.59. The second kappa shape index (κ2) is 7.69. The zero-order valence-corrected chi connectivity index (χ0v) is 17.5. The quantitative estimate of drug-likeness (QED) is 0.500. The summed E-state index contributed by atoms with van der Waals surface area (Å²) in [7, 11) is 1.66. The normalized spacial score (nSPS) is 19.6. The van der Waals surface area contributed by atoms with Crippen molar-refractivity contribution < 1.29 is 13.9 Å². The molecule has 2 atom stereocenters. The van der Waals surface area contributed by atoms with E-state index < -0.39 is 0 Å². The molecule has 152 valence electrons. The van der Waals surface area contributed by atoms with E-state index in [1.165, 1.54) is 17.0 Å². The number of benzene rings is 3. The molecule has 4 nitrogen and oxygen atoms in total. The Kier molecular flexibility index (Phi) is 4.87. The molecule has 0 bridgehead atoms. The topological polar surface area (TPSA) is 34.1 Å². The third-order valence-corrected chi connectivity index (χ3v) is 6.32. The Morgan fingerprint density at radius 3 is 2.53 bits per heavy atom. The maximum Gasteiger partial charge on any atom is 0.214 e. The summed E-state index contributed by atoms with van der Waals surface area (Å²) in [5.41, 5.74) is 3.92. The van der Waals surface area contributed by atoms with Crippen LogP contribution in [-0.4, -0.2) is 24.1 Å². The zero-order chi connectivity index (χ0) is 20.7. The van der Waals surface area contributed by atoms with Crippen LogP contribution in [0, 0.1) is 5.82 Å². The number of para-hydroxylation sites is 1. The highest BCUT2D eigenvalue weighted by Gasteiger charge is 2.42. The summed E-state index contributed by atoms with van der Waals surface area (Å²) in [6.45, 7) is 0. The van der Waals surface area contributed by atoms with E-state index >= 15 is 0 Å². The summed E-state index contributed by atoms with van der Waals surface area (Å²) in [5, 5.41) is 6.94. The molecule has 6 heteroatoms. The van der Waals surface area contributed by atoms with Crippen molar-refractivity contribution in [1.82, 2.24) is 5.01 Å². The van der Waals surface area contributed by atoms with Crippen molar-refractivity contribution in [2.75, 3.05) is 13.4 Å². The fourth-order valence-corrected chi connectivity index (χ4v) is 4.46. The third-order valence-electron chi connectivity index (χ3n) is 5.58. The largest absolute Gasteiger partial charge is 0.493 e. The van der Waals surface area contributed by atoms with Crippen molar-refractivity contribution in [1.29, 1.82) is 0 Å². The Bertz CT molecular complexity index is 1100. The van der Waals surface area contributed by atoms with Crippen LogP contribution in [0.5, 0.6) is 11.5 Å². The lowest BCUT2D eigenvalue weighted by atomic mass is 9.95. The first-order valence-electron chi connectivity index (χ1n) is 9.77. The zero-order valence-electron chi connectivity index (χ0n) is 16.7. The van der Waals surface area contributed by atoms with Crippen LogP contribution in [0.4, 0.5) is 4.39 Å². The highest BCUT2D eigenvalue weighted by atomic mass is 32.2. The number of halogens is 1. The summed E-state index contributed by atoms with van der Waals surface area (Å²) in [4.78, 5) is 1.20. The number of hydrogen-bond donors (Lipinski definition) is 0. The maximum atomic E-state index is 13.4. The summed E-state index contributed by atoms with van der Waals surface area (Å²) in [6.07, 6.45) is 2.41. The summed E-state index contributed by atoms with van der Waals surface area (Å²) >= 11 is 1.70. The van der Waals surface area contributed by atoms with Crippen LogP contribution in [0.25, 0.3) is 0 Å². The highest BCUT2D eigenvalue weighted by Crippen LogP contribution is 2.50. The van der Waals surface area contributed by atoms with E-state index in [2.05, 4.69) is 36.6 Å². The van der Waals surface area contributed by atoms with Gasteiger partial charge in [-0.2, -0.15) is 5.10 Å². The van der Waals surface area contributed by atoms with Gasteiger partial charge in [-0.15, -0.1) is 11.8 Å². The first-order valence-corrected chi connectivity index (χ1v) is 11.0. The van der Waals surface area contributed by atoms with Gasteiger partial charge in [0.1, 0.15) is 5.82 Å². The molecule has 0 unspecified atom stereocenters. The second-order valence-electron chi connectivity index (χ2n) is 7.28. The standard InChI is InChI=1S/C24H21FN2O2S/c1-28-22-5-3-4-19-21-14-20(15-6-10-17(25)11-7-15)26-27(21)24(29-23(19)22)16-8-12-18(30-2)13-9-16/h3-13,21,24H,14H2,1-2H3/t21-,24+/m0/s1. The predicted octanol–water partition coefficient (Wildman–Crippen LogP) is 5.80. The molecule has 30 heavy (non-hydrogen) atoms. The van der Waals surface area contributed by atoms with Gasteiger partial charge in [-0.1, -0.05) is 36.4 Å². The number of hydrazone groups is 1. The lowest BCUT2D eigenvalue weighted by Crippen LogP contribution is -2.33. The summed E-state index contributed by atoms with van der Waals surface area (Å²) in [6, 6.07) is 20.8. The van der Waals surface area contributed by atoms with Crippen LogP contribution in [0.3, 0.4) is 0 Å². The lowest BCUT2D eigenvalue weighted by molar-refractivity contribution is -0.0209. The van der Waals surface area contributed by atoms with E-state index in [0.29, 0.717) is 12.2 Å². The minimum atomic E-state index is -0.368. The van der Waals surface area contributed by atoms with Crippen molar-refractivity contribution in [3.63, 3.8) is 0 Å². The van der Waals surface area contributed by atoms with Crippen LogP contribution in [0.1, 0.15) is 35.4 Å². The van der Waals surface area contributed by atoms with E-state index in [9.17, 15) is 4.39 Å².